The monoisotopic (exact) mass is 548 g/mol. The molecule has 120 valence electrons. The summed E-state index contributed by atoms with van der Waals surface area (Å²) in [5.41, 5.74) is 1.35. The number of halogens is 2. The Morgan fingerprint density at radius 3 is 2.86 bits per heavy atom. The highest BCUT2D eigenvalue weighted by atomic mass is 127. The summed E-state index contributed by atoms with van der Waals surface area (Å²) in [6, 6.07) is 0. The van der Waals surface area contributed by atoms with E-state index in [0.29, 0.717) is 30.1 Å². The number of hydrogen-bond acceptors (Lipinski definition) is 6. The molecule has 0 radical (unpaired) electrons. The van der Waals surface area contributed by atoms with Crippen molar-refractivity contribution in [3.05, 3.63) is 12.7 Å². The van der Waals surface area contributed by atoms with Gasteiger partial charge in [-0.3, -0.25) is 4.57 Å². The molecule has 0 aliphatic rings. The van der Waals surface area contributed by atoms with Crippen LogP contribution in [0.5, 0.6) is 0 Å². The second-order valence-corrected chi connectivity index (χ2v) is 20.9. The maximum Gasteiger partial charge on any atom is 0.222 e. The Hall–Kier alpha value is -0.330. The van der Waals surface area contributed by atoms with E-state index in [1.165, 1.54) is 6.33 Å². The highest BCUT2D eigenvalue weighted by molar-refractivity contribution is 14.3. The number of ether oxygens (including phenoxy) is 1. The van der Waals surface area contributed by atoms with E-state index in [0.717, 1.165) is 0 Å². The topological polar surface area (TPSA) is 85.5 Å². The molecule has 0 atom stereocenters. The summed E-state index contributed by atoms with van der Waals surface area (Å²) >= 11 is 3.84. The first-order chi connectivity index (χ1) is 10.4. The Labute approximate surface area is 154 Å². The summed E-state index contributed by atoms with van der Waals surface area (Å²) in [6.45, 7) is 1.03. The lowest BCUT2D eigenvalue weighted by molar-refractivity contribution is 0.169. The highest BCUT2D eigenvalue weighted by Crippen LogP contribution is 2.62. The van der Waals surface area contributed by atoms with Crippen molar-refractivity contribution in [2.75, 3.05) is 27.1 Å². The van der Waals surface area contributed by atoms with Gasteiger partial charge >= 0.3 is 0 Å². The van der Waals surface area contributed by atoms with E-state index in [4.69, 9.17) is 4.74 Å². The van der Waals surface area contributed by atoms with E-state index in [1.54, 1.807) is 12.7 Å². The number of rotatable bonds is 7. The van der Waals surface area contributed by atoms with Gasteiger partial charge in [0.2, 0.25) is 2.43 Å². The number of imidazole rings is 1. The second kappa shape index (κ2) is 7.97. The molecule has 0 bridgehead atoms. The van der Waals surface area contributed by atoms with Crippen LogP contribution in [0.1, 0.15) is 0 Å². The fraction of sp³-hybridized carbons (Fsp3) is 0.455. The molecule has 0 fully saturated rings. The number of nitrogens with zero attached hydrogens (tertiary/aromatic N) is 6. The third kappa shape index (κ3) is 5.39. The molecule has 2 rings (SSSR count). The van der Waals surface area contributed by atoms with E-state index >= 15 is 0 Å². The molecule has 11 heteroatoms. The van der Waals surface area contributed by atoms with Gasteiger partial charge in [-0.05, 0) is 0 Å². The Morgan fingerprint density at radius 2 is 2.18 bits per heavy atom. The molecule has 0 spiro atoms. The van der Waals surface area contributed by atoms with Gasteiger partial charge in [0.1, 0.15) is 12.7 Å². The lowest BCUT2D eigenvalue weighted by atomic mass is 10.5. The fourth-order valence-corrected chi connectivity index (χ4v) is 3.15. The second-order valence-electron chi connectivity index (χ2n) is 4.62. The molecule has 2 aromatic rings. The number of fused-ring (bicyclic) bond motifs is 1. The van der Waals surface area contributed by atoms with Crippen molar-refractivity contribution in [1.29, 1.82) is 0 Å². The van der Waals surface area contributed by atoms with E-state index in [1.807, 2.05) is 67.6 Å². The van der Waals surface area contributed by atoms with Crippen LogP contribution in [0.2, 0.25) is 0 Å². The van der Waals surface area contributed by atoms with Crippen LogP contribution >= 0.6 is 46.5 Å². The van der Waals surface area contributed by atoms with Crippen LogP contribution in [0, 0.1) is 0 Å². The predicted molar refractivity (Wildman–Crippen MR) is 104 cm³/mol. The van der Waals surface area contributed by atoms with Crippen molar-refractivity contribution in [2.24, 2.45) is 4.99 Å². The molecule has 0 amide bonds. The molecule has 0 unspecified atom stereocenters. The first-order valence-electron chi connectivity index (χ1n) is 6.29. The number of hydrogen-bond donors (Lipinski definition) is 0. The summed E-state index contributed by atoms with van der Waals surface area (Å²) in [5, 5.41) is 0. The maximum atomic E-state index is 11.5. The zero-order chi connectivity index (χ0) is 16.2. The van der Waals surface area contributed by atoms with Gasteiger partial charge in [-0.1, -0.05) is 0 Å². The van der Waals surface area contributed by atoms with Crippen molar-refractivity contribution in [1.82, 2.24) is 24.4 Å². The van der Waals surface area contributed by atoms with Crippen LogP contribution in [0.3, 0.4) is 0 Å². The Bertz CT molecular complexity index is 714. The Morgan fingerprint density at radius 1 is 1.41 bits per heavy atom. The van der Waals surface area contributed by atoms with E-state index < -0.39 is 2.43 Å². The van der Waals surface area contributed by atoms with Gasteiger partial charge in [-0.25, -0.2) is 19.9 Å². The molecule has 0 aromatic carbocycles. The molecule has 22 heavy (non-hydrogen) atoms. The van der Waals surface area contributed by atoms with Gasteiger partial charge in [-0.15, -0.1) is 0 Å². The normalized spacial score (nSPS) is 12.4. The van der Waals surface area contributed by atoms with E-state index in [-0.39, 0.29) is 6.35 Å². The van der Waals surface area contributed by atoms with Crippen LogP contribution in [0.25, 0.3) is 11.2 Å². The average Bonchev–Trinajstić information content (AvgIpc) is 2.84. The maximum absolute atomic E-state index is 11.5. The van der Waals surface area contributed by atoms with E-state index in [9.17, 15) is 4.57 Å². The van der Waals surface area contributed by atoms with Gasteiger partial charge in [0.25, 0.3) is 0 Å². The molecule has 8 nitrogen and oxygen atoms in total. The summed E-state index contributed by atoms with van der Waals surface area (Å²) in [4.78, 5) is 18.8. The van der Waals surface area contributed by atoms with Crippen molar-refractivity contribution < 1.29 is 9.30 Å². The third-order valence-electron chi connectivity index (χ3n) is 2.51. The molecule has 2 heterocycles. The van der Waals surface area contributed by atoms with Crippen molar-refractivity contribution in [3.63, 3.8) is 0 Å². The highest BCUT2D eigenvalue weighted by Gasteiger charge is 2.12. The zero-order valence-corrected chi connectivity index (χ0v) is 17.3. The van der Waals surface area contributed by atoms with Crippen LogP contribution in [-0.2, 0) is 15.8 Å². The fourth-order valence-electron chi connectivity index (χ4n) is 1.63. The van der Waals surface area contributed by atoms with Crippen molar-refractivity contribution in [3.8, 4) is 0 Å². The molecule has 0 saturated carbocycles. The van der Waals surface area contributed by atoms with Gasteiger partial charge in [-0.2, -0.15) is 0 Å². The minimum atomic E-state index is -2.20. The molecule has 0 saturated heterocycles. The predicted octanol–water partition coefficient (Wildman–Crippen LogP) is 3.08. The number of aromatic nitrogens is 4. The first-order valence-corrected chi connectivity index (χ1v) is 13.8. The molecular weight excluding hydrogens is 533 g/mol. The van der Waals surface area contributed by atoms with Crippen LogP contribution in [0.4, 0.5) is 5.82 Å². The third-order valence-corrected chi connectivity index (χ3v) is 4.67. The summed E-state index contributed by atoms with van der Waals surface area (Å²) in [5.74, 6) is 0.530. The van der Waals surface area contributed by atoms with Gasteiger partial charge < -0.3 is 14.2 Å². The molecule has 0 aliphatic heterocycles. The van der Waals surface area contributed by atoms with Crippen LogP contribution < -0.4 is 0 Å². The summed E-state index contributed by atoms with van der Waals surface area (Å²) < 4.78 is 16.6. The van der Waals surface area contributed by atoms with Gasteiger partial charge in [0, 0.05) is 64.7 Å². The minimum Gasteiger partial charge on any atom is -0.370 e. The molecule has 0 N–H and O–H groups in total. The molecular formula is C11H15I2N6O2P. The smallest absolute Gasteiger partial charge is 0.222 e. The first kappa shape index (κ1) is 18.0. The largest absolute Gasteiger partial charge is 0.370 e. The zero-order valence-electron chi connectivity index (χ0n) is 12.1. The van der Waals surface area contributed by atoms with Crippen molar-refractivity contribution >= 4 is 69.8 Å². The Balaban J connectivity index is 2.09. The average molecular weight is 548 g/mol. The van der Waals surface area contributed by atoms with Gasteiger partial charge in [0.15, 0.2) is 17.0 Å². The lowest BCUT2D eigenvalue weighted by Gasteiger charge is -2.06. The minimum absolute atomic E-state index is 0.258. The standard InChI is InChI=1S/C11H15I2N6O2P/c1-18(2)6-17-10-9-11(15-5-14-10)19(7-16-9)3-4-21-8-22(12,13)20/h5-7H,3-4,8H2,1-2H3/b17-6-. The summed E-state index contributed by atoms with van der Waals surface area (Å²) in [6.07, 6.45) is 5.08. The SMILES string of the molecule is CN(C)/C=N\c1ncnc2c1ncn2CCOCP(=O)(I)I. The molecule has 0 aliphatic carbocycles. The van der Waals surface area contributed by atoms with Gasteiger partial charge in [0.05, 0.1) is 19.3 Å². The lowest BCUT2D eigenvalue weighted by Crippen LogP contribution is -2.07. The molecule has 2 aromatic heterocycles. The number of aliphatic imine (C=N–C) groups is 1. The van der Waals surface area contributed by atoms with E-state index in [2.05, 4.69) is 19.9 Å². The summed E-state index contributed by atoms with van der Waals surface area (Å²) in [7, 11) is 3.77. The van der Waals surface area contributed by atoms with Crippen LogP contribution in [-0.4, -0.2) is 57.8 Å². The quantitative estimate of drug-likeness (QED) is 0.174. The van der Waals surface area contributed by atoms with Crippen LogP contribution in [0.15, 0.2) is 17.6 Å². The Kier molecular flexibility index (Phi) is 6.53. The van der Waals surface area contributed by atoms with Crippen molar-refractivity contribution in [2.45, 2.75) is 6.54 Å².